The Hall–Kier alpha value is -1.32. The highest BCUT2D eigenvalue weighted by atomic mass is 16.4. The molecule has 1 aliphatic heterocycles. The summed E-state index contributed by atoms with van der Waals surface area (Å²) in [6.07, 6.45) is 4.55. The number of piperidine rings is 1. The summed E-state index contributed by atoms with van der Waals surface area (Å²) in [5.74, 6) is -0.912. The number of hydrogen-bond acceptors (Lipinski definition) is 2. The van der Waals surface area contributed by atoms with Gasteiger partial charge in [0, 0.05) is 13.1 Å². The molecule has 0 aromatic rings. The first-order chi connectivity index (χ1) is 6.99. The molecule has 0 aromatic heterocycles. The highest BCUT2D eigenvalue weighted by molar-refractivity contribution is 5.88. The van der Waals surface area contributed by atoms with E-state index in [1.165, 1.54) is 6.08 Å². The van der Waals surface area contributed by atoms with Gasteiger partial charge in [0.1, 0.15) is 0 Å². The highest BCUT2D eigenvalue weighted by Gasteiger charge is 2.38. The minimum Gasteiger partial charge on any atom is -0.481 e. The van der Waals surface area contributed by atoms with Crippen LogP contribution in [0, 0.1) is 5.41 Å². The van der Waals surface area contributed by atoms with Crippen LogP contribution >= 0.6 is 0 Å². The number of carbonyl (C=O) groups is 2. The van der Waals surface area contributed by atoms with Crippen LogP contribution in [0.25, 0.3) is 0 Å². The van der Waals surface area contributed by atoms with Crippen LogP contribution in [0.3, 0.4) is 0 Å². The van der Waals surface area contributed by atoms with Crippen LogP contribution in [0.15, 0.2) is 12.2 Å². The van der Waals surface area contributed by atoms with Gasteiger partial charge in [0.05, 0.1) is 5.41 Å². The fourth-order valence-electron chi connectivity index (χ4n) is 1.85. The Morgan fingerprint density at radius 1 is 1.47 bits per heavy atom. The number of hydrogen-bond donors (Lipinski definition) is 1. The zero-order chi connectivity index (χ0) is 11.5. The van der Waals surface area contributed by atoms with Crippen LogP contribution in [0.2, 0.25) is 0 Å². The minimum absolute atomic E-state index is 0.0929. The van der Waals surface area contributed by atoms with Gasteiger partial charge in [0.25, 0.3) is 0 Å². The van der Waals surface area contributed by atoms with Gasteiger partial charge in [-0.15, -0.1) is 0 Å². The lowest BCUT2D eigenvalue weighted by atomic mass is 9.82. The molecule has 1 rings (SSSR count). The van der Waals surface area contributed by atoms with Gasteiger partial charge in [0.15, 0.2) is 0 Å². The normalized spacial score (nSPS) is 26.9. The van der Waals surface area contributed by atoms with E-state index in [2.05, 4.69) is 0 Å². The van der Waals surface area contributed by atoms with Gasteiger partial charge in [-0.2, -0.15) is 0 Å². The molecule has 15 heavy (non-hydrogen) atoms. The van der Waals surface area contributed by atoms with Crippen molar-refractivity contribution in [3.63, 3.8) is 0 Å². The predicted octanol–water partition coefficient (Wildman–Crippen LogP) is 1.28. The SMILES string of the molecule is CC=CC(=O)N1CCCC(C)(C(=O)O)C1. The van der Waals surface area contributed by atoms with Gasteiger partial charge < -0.3 is 10.0 Å². The smallest absolute Gasteiger partial charge is 0.311 e. The molecule has 1 saturated heterocycles. The summed E-state index contributed by atoms with van der Waals surface area (Å²) in [5.41, 5.74) is -0.782. The molecule has 0 saturated carbocycles. The summed E-state index contributed by atoms with van der Waals surface area (Å²) in [6, 6.07) is 0. The number of aliphatic carboxylic acids is 1. The summed E-state index contributed by atoms with van der Waals surface area (Å²) in [5, 5.41) is 9.07. The summed E-state index contributed by atoms with van der Waals surface area (Å²) in [4.78, 5) is 24.2. The summed E-state index contributed by atoms with van der Waals surface area (Å²) >= 11 is 0. The van der Waals surface area contributed by atoms with Gasteiger partial charge in [-0.25, -0.2) is 0 Å². The van der Waals surface area contributed by atoms with E-state index in [1.54, 1.807) is 24.8 Å². The molecule has 1 aliphatic rings. The second-order valence-corrected chi connectivity index (χ2v) is 4.23. The molecule has 0 bridgehead atoms. The standard InChI is InChI=1S/C11H17NO3/c1-3-5-9(13)12-7-4-6-11(2,8-12)10(14)15/h3,5H,4,6-8H2,1-2H3,(H,14,15). The Morgan fingerprint density at radius 2 is 2.13 bits per heavy atom. The van der Waals surface area contributed by atoms with E-state index < -0.39 is 11.4 Å². The van der Waals surface area contributed by atoms with E-state index in [9.17, 15) is 9.59 Å². The Labute approximate surface area is 89.6 Å². The zero-order valence-electron chi connectivity index (χ0n) is 9.19. The van der Waals surface area contributed by atoms with E-state index in [4.69, 9.17) is 5.11 Å². The molecule has 1 N–H and O–H groups in total. The van der Waals surface area contributed by atoms with Crippen molar-refractivity contribution in [1.29, 1.82) is 0 Å². The molecule has 4 nitrogen and oxygen atoms in total. The van der Waals surface area contributed by atoms with Crippen LogP contribution in [0.5, 0.6) is 0 Å². The van der Waals surface area contributed by atoms with Crippen LogP contribution in [0.1, 0.15) is 26.7 Å². The van der Waals surface area contributed by atoms with Crippen LogP contribution in [-0.4, -0.2) is 35.0 Å². The summed E-state index contributed by atoms with van der Waals surface area (Å²) in [6.45, 7) is 4.44. The van der Waals surface area contributed by atoms with E-state index in [0.717, 1.165) is 6.42 Å². The number of carboxylic acid groups (broad SMARTS) is 1. The Bertz CT molecular complexity index is 298. The van der Waals surface area contributed by atoms with Crippen molar-refractivity contribution >= 4 is 11.9 Å². The number of rotatable bonds is 2. The Kier molecular flexibility index (Phi) is 3.50. The van der Waals surface area contributed by atoms with Crippen molar-refractivity contribution in [2.45, 2.75) is 26.7 Å². The lowest BCUT2D eigenvalue weighted by molar-refractivity contribution is -0.152. The molecule has 0 aliphatic carbocycles. The second kappa shape index (κ2) is 4.47. The third-order valence-electron chi connectivity index (χ3n) is 2.83. The maximum atomic E-state index is 11.6. The monoisotopic (exact) mass is 211 g/mol. The van der Waals surface area contributed by atoms with Gasteiger partial charge in [0.2, 0.25) is 5.91 Å². The van der Waals surface area contributed by atoms with Gasteiger partial charge in [-0.3, -0.25) is 9.59 Å². The van der Waals surface area contributed by atoms with Crippen LogP contribution < -0.4 is 0 Å². The molecule has 1 fully saturated rings. The summed E-state index contributed by atoms with van der Waals surface area (Å²) in [7, 11) is 0. The van der Waals surface area contributed by atoms with Crippen molar-refractivity contribution < 1.29 is 14.7 Å². The van der Waals surface area contributed by atoms with Gasteiger partial charge in [-0.05, 0) is 32.8 Å². The lowest BCUT2D eigenvalue weighted by Gasteiger charge is -2.37. The van der Waals surface area contributed by atoms with Crippen molar-refractivity contribution in [3.05, 3.63) is 12.2 Å². The Morgan fingerprint density at radius 3 is 2.67 bits per heavy atom. The molecule has 0 radical (unpaired) electrons. The van der Waals surface area contributed by atoms with Crippen molar-refractivity contribution in [2.75, 3.05) is 13.1 Å². The lowest BCUT2D eigenvalue weighted by Crippen LogP contribution is -2.47. The van der Waals surface area contributed by atoms with Crippen molar-refractivity contribution in [3.8, 4) is 0 Å². The number of allylic oxidation sites excluding steroid dienone is 1. The number of likely N-dealkylation sites (tertiary alicyclic amines) is 1. The average molecular weight is 211 g/mol. The fourth-order valence-corrected chi connectivity index (χ4v) is 1.85. The van der Waals surface area contributed by atoms with E-state index in [-0.39, 0.29) is 5.91 Å². The number of nitrogens with zero attached hydrogens (tertiary/aromatic N) is 1. The summed E-state index contributed by atoms with van der Waals surface area (Å²) < 4.78 is 0. The quantitative estimate of drug-likeness (QED) is 0.700. The number of amides is 1. The Balaban J connectivity index is 2.72. The molecular formula is C11H17NO3. The topological polar surface area (TPSA) is 57.6 Å². The maximum absolute atomic E-state index is 11.6. The van der Waals surface area contributed by atoms with Crippen LogP contribution in [-0.2, 0) is 9.59 Å². The van der Waals surface area contributed by atoms with E-state index >= 15 is 0 Å². The van der Waals surface area contributed by atoms with Crippen LogP contribution in [0.4, 0.5) is 0 Å². The van der Waals surface area contributed by atoms with E-state index in [1.807, 2.05) is 0 Å². The molecule has 1 atom stereocenters. The third-order valence-corrected chi connectivity index (χ3v) is 2.83. The van der Waals surface area contributed by atoms with Gasteiger partial charge >= 0.3 is 5.97 Å². The minimum atomic E-state index is -0.819. The molecule has 84 valence electrons. The first kappa shape index (κ1) is 11.8. The number of carbonyl (C=O) groups excluding carboxylic acids is 1. The molecule has 1 heterocycles. The van der Waals surface area contributed by atoms with Gasteiger partial charge in [-0.1, -0.05) is 6.08 Å². The van der Waals surface area contributed by atoms with E-state index in [0.29, 0.717) is 19.5 Å². The zero-order valence-corrected chi connectivity index (χ0v) is 9.19. The third kappa shape index (κ3) is 2.58. The number of carboxylic acids is 1. The fraction of sp³-hybridized carbons (Fsp3) is 0.636. The highest BCUT2D eigenvalue weighted by Crippen LogP contribution is 2.29. The largest absolute Gasteiger partial charge is 0.481 e. The second-order valence-electron chi connectivity index (χ2n) is 4.23. The van der Waals surface area contributed by atoms with Crippen molar-refractivity contribution in [1.82, 2.24) is 4.90 Å². The molecule has 1 amide bonds. The first-order valence-corrected chi connectivity index (χ1v) is 5.14. The predicted molar refractivity (Wildman–Crippen MR) is 56.4 cm³/mol. The molecule has 0 spiro atoms. The molecule has 0 aromatic carbocycles. The first-order valence-electron chi connectivity index (χ1n) is 5.14. The molecular weight excluding hydrogens is 194 g/mol. The average Bonchev–Trinajstić information content (AvgIpc) is 2.18. The molecule has 4 heteroatoms. The maximum Gasteiger partial charge on any atom is 0.311 e. The van der Waals surface area contributed by atoms with Crippen molar-refractivity contribution in [2.24, 2.45) is 5.41 Å². The molecule has 1 unspecified atom stereocenters.